The summed E-state index contributed by atoms with van der Waals surface area (Å²) >= 11 is 3.98. The van der Waals surface area contributed by atoms with Crippen LogP contribution in [0.15, 0.2) is 30.6 Å². The maximum Gasteiger partial charge on any atom is 0.233 e. The Morgan fingerprint density at radius 3 is 2.78 bits per heavy atom. The van der Waals surface area contributed by atoms with E-state index in [1.807, 2.05) is 24.6 Å². The lowest BCUT2D eigenvalue weighted by molar-refractivity contribution is 0.541. The molecule has 144 valence electrons. The Morgan fingerprint density at radius 1 is 1.30 bits per heavy atom. The van der Waals surface area contributed by atoms with Crippen LogP contribution in [-0.2, 0) is 16.4 Å². The smallest absolute Gasteiger partial charge is 0.233 e. The first-order valence-electron chi connectivity index (χ1n) is 8.48. The summed E-state index contributed by atoms with van der Waals surface area (Å²) in [6, 6.07) is 7.33. The highest BCUT2D eigenvalue weighted by atomic mass is 32.2. The SMILES string of the molecule is CC(C)n1nc(Cc2cccc(NS(=O)(=O)CCS)c2)c2c(N)ncnc21. The summed E-state index contributed by atoms with van der Waals surface area (Å²) in [4.78, 5) is 8.41. The molecule has 0 saturated heterocycles. The van der Waals surface area contributed by atoms with Gasteiger partial charge in [-0.25, -0.2) is 23.1 Å². The van der Waals surface area contributed by atoms with E-state index in [4.69, 9.17) is 5.73 Å². The van der Waals surface area contributed by atoms with Gasteiger partial charge in [-0.1, -0.05) is 12.1 Å². The molecule has 0 spiro atoms. The van der Waals surface area contributed by atoms with E-state index < -0.39 is 10.0 Å². The zero-order valence-electron chi connectivity index (χ0n) is 15.1. The van der Waals surface area contributed by atoms with Gasteiger partial charge in [-0.2, -0.15) is 17.7 Å². The Labute approximate surface area is 163 Å². The van der Waals surface area contributed by atoms with E-state index in [1.54, 1.807) is 18.2 Å². The van der Waals surface area contributed by atoms with E-state index in [2.05, 4.69) is 32.4 Å². The number of nitrogens with two attached hydrogens (primary N) is 1. The van der Waals surface area contributed by atoms with Crippen molar-refractivity contribution in [3.05, 3.63) is 41.9 Å². The Kier molecular flexibility index (Phi) is 5.56. The van der Waals surface area contributed by atoms with Crippen molar-refractivity contribution >= 4 is 45.2 Å². The molecule has 0 amide bonds. The van der Waals surface area contributed by atoms with Gasteiger partial charge in [0.05, 0.1) is 16.8 Å². The quantitative estimate of drug-likeness (QED) is 0.518. The van der Waals surface area contributed by atoms with Crippen LogP contribution in [0.4, 0.5) is 11.5 Å². The number of sulfonamides is 1. The number of anilines is 2. The van der Waals surface area contributed by atoms with Crippen LogP contribution in [0, 0.1) is 0 Å². The zero-order chi connectivity index (χ0) is 19.6. The van der Waals surface area contributed by atoms with E-state index in [9.17, 15) is 8.42 Å². The van der Waals surface area contributed by atoms with Gasteiger partial charge in [0.15, 0.2) is 5.65 Å². The number of nitrogens with zero attached hydrogens (tertiary/aromatic N) is 4. The topological polar surface area (TPSA) is 116 Å². The molecule has 3 N–H and O–H groups in total. The molecule has 0 aliphatic carbocycles. The maximum atomic E-state index is 12.0. The van der Waals surface area contributed by atoms with Gasteiger partial charge >= 0.3 is 0 Å². The van der Waals surface area contributed by atoms with Crippen LogP contribution < -0.4 is 10.5 Å². The molecule has 2 heterocycles. The van der Waals surface area contributed by atoms with Gasteiger partial charge < -0.3 is 5.73 Å². The monoisotopic (exact) mass is 406 g/mol. The van der Waals surface area contributed by atoms with Crippen LogP contribution in [0.2, 0.25) is 0 Å². The first-order chi connectivity index (χ1) is 12.8. The van der Waals surface area contributed by atoms with Crippen molar-refractivity contribution in [2.24, 2.45) is 0 Å². The molecule has 0 atom stereocenters. The molecule has 0 aliphatic heterocycles. The average Bonchev–Trinajstić information content (AvgIpc) is 2.95. The van der Waals surface area contributed by atoms with Crippen molar-refractivity contribution in [2.45, 2.75) is 26.3 Å². The summed E-state index contributed by atoms with van der Waals surface area (Å²) < 4.78 is 28.3. The second-order valence-electron chi connectivity index (χ2n) is 6.46. The molecule has 10 heteroatoms. The lowest BCUT2D eigenvalue weighted by Crippen LogP contribution is -2.17. The van der Waals surface area contributed by atoms with Crippen LogP contribution in [0.5, 0.6) is 0 Å². The van der Waals surface area contributed by atoms with E-state index in [1.165, 1.54) is 6.33 Å². The number of benzene rings is 1. The minimum Gasteiger partial charge on any atom is -0.383 e. The van der Waals surface area contributed by atoms with Gasteiger partial charge in [0.2, 0.25) is 10.0 Å². The minimum absolute atomic E-state index is 0.0440. The van der Waals surface area contributed by atoms with Crippen LogP contribution in [-0.4, -0.2) is 39.7 Å². The minimum atomic E-state index is -3.41. The zero-order valence-corrected chi connectivity index (χ0v) is 16.8. The molecule has 0 fully saturated rings. The van der Waals surface area contributed by atoms with Crippen molar-refractivity contribution in [1.29, 1.82) is 0 Å². The Hall–Kier alpha value is -2.33. The molecule has 27 heavy (non-hydrogen) atoms. The number of rotatable bonds is 7. The van der Waals surface area contributed by atoms with Crippen molar-refractivity contribution < 1.29 is 8.42 Å². The summed E-state index contributed by atoms with van der Waals surface area (Å²) in [5.41, 5.74) is 8.92. The predicted molar refractivity (Wildman–Crippen MR) is 111 cm³/mol. The summed E-state index contributed by atoms with van der Waals surface area (Å²) in [5, 5.41) is 5.39. The number of aromatic nitrogens is 4. The highest BCUT2D eigenvalue weighted by Gasteiger charge is 2.17. The standard InChI is InChI=1S/C17H22N6O2S2/c1-11(2)23-17-15(16(18)19-10-20-17)14(21-23)9-12-4-3-5-13(8-12)22-27(24,25)7-6-26/h3-5,8,10-11,22,26H,6-7,9H2,1-2H3,(H2,18,19,20). The number of hydrogen-bond donors (Lipinski definition) is 3. The second-order valence-corrected chi connectivity index (χ2v) is 8.75. The third-order valence-corrected chi connectivity index (χ3v) is 5.83. The van der Waals surface area contributed by atoms with Gasteiger partial charge in [-0.05, 0) is 31.5 Å². The fourth-order valence-electron chi connectivity index (χ4n) is 2.84. The molecule has 3 aromatic rings. The highest BCUT2D eigenvalue weighted by molar-refractivity contribution is 7.93. The number of nitrogen functional groups attached to an aromatic ring is 1. The van der Waals surface area contributed by atoms with Gasteiger partial charge in [0.1, 0.15) is 12.1 Å². The molecule has 0 saturated carbocycles. The largest absolute Gasteiger partial charge is 0.383 e. The summed E-state index contributed by atoms with van der Waals surface area (Å²) in [7, 11) is -3.41. The Bertz CT molecular complexity index is 1060. The molecule has 8 nitrogen and oxygen atoms in total. The van der Waals surface area contributed by atoms with Crippen LogP contribution in [0.3, 0.4) is 0 Å². The summed E-state index contributed by atoms with van der Waals surface area (Å²) in [5.74, 6) is 0.595. The fourth-order valence-corrected chi connectivity index (χ4v) is 4.39. The van der Waals surface area contributed by atoms with Gasteiger partial charge in [-0.3, -0.25) is 4.72 Å². The van der Waals surface area contributed by atoms with E-state index >= 15 is 0 Å². The van der Waals surface area contributed by atoms with Crippen molar-refractivity contribution in [2.75, 3.05) is 22.0 Å². The Balaban J connectivity index is 1.96. The van der Waals surface area contributed by atoms with Gasteiger partial charge in [-0.15, -0.1) is 0 Å². The predicted octanol–water partition coefficient (Wildman–Crippen LogP) is 2.25. The Morgan fingerprint density at radius 2 is 2.07 bits per heavy atom. The molecule has 0 unspecified atom stereocenters. The lowest BCUT2D eigenvalue weighted by Gasteiger charge is -2.08. The lowest BCUT2D eigenvalue weighted by atomic mass is 10.1. The molecule has 2 aromatic heterocycles. The first-order valence-corrected chi connectivity index (χ1v) is 10.8. The normalized spacial score (nSPS) is 12.0. The number of hydrogen-bond acceptors (Lipinski definition) is 7. The fraction of sp³-hybridized carbons (Fsp3) is 0.353. The van der Waals surface area contributed by atoms with Crippen molar-refractivity contribution in [1.82, 2.24) is 19.7 Å². The van der Waals surface area contributed by atoms with Gasteiger partial charge in [0.25, 0.3) is 0 Å². The molecule has 0 bridgehead atoms. The first kappa shape index (κ1) is 19.4. The summed E-state index contributed by atoms with van der Waals surface area (Å²) in [6.45, 7) is 4.04. The molecular formula is C17H22N6O2S2. The highest BCUT2D eigenvalue weighted by Crippen LogP contribution is 2.26. The number of thiol groups is 1. The van der Waals surface area contributed by atoms with Gasteiger partial charge in [0, 0.05) is 23.9 Å². The van der Waals surface area contributed by atoms with E-state index in [-0.39, 0.29) is 17.5 Å². The molecule has 3 rings (SSSR count). The number of fused-ring (bicyclic) bond motifs is 1. The third kappa shape index (κ3) is 4.33. The van der Waals surface area contributed by atoms with Crippen molar-refractivity contribution in [3.63, 3.8) is 0 Å². The van der Waals surface area contributed by atoms with Crippen LogP contribution >= 0.6 is 12.6 Å². The maximum absolute atomic E-state index is 12.0. The third-order valence-electron chi connectivity index (χ3n) is 4.01. The van der Waals surface area contributed by atoms with E-state index in [0.717, 1.165) is 16.6 Å². The molecule has 1 aromatic carbocycles. The second kappa shape index (κ2) is 7.73. The van der Waals surface area contributed by atoms with Crippen molar-refractivity contribution in [3.8, 4) is 0 Å². The van der Waals surface area contributed by atoms with E-state index in [0.29, 0.717) is 23.6 Å². The molecule has 0 aliphatic rings. The van der Waals surface area contributed by atoms with Crippen LogP contribution in [0.1, 0.15) is 31.1 Å². The number of nitrogens with one attached hydrogen (secondary N) is 1. The molecular weight excluding hydrogens is 384 g/mol. The molecule has 0 radical (unpaired) electrons. The summed E-state index contributed by atoms with van der Waals surface area (Å²) in [6.07, 6.45) is 1.91. The average molecular weight is 407 g/mol. The van der Waals surface area contributed by atoms with Crippen LogP contribution in [0.25, 0.3) is 11.0 Å².